The summed E-state index contributed by atoms with van der Waals surface area (Å²) in [7, 11) is 0. The normalized spacial score (nSPS) is 21.2. The first-order chi connectivity index (χ1) is 11.4. The number of hydrogen-bond acceptors (Lipinski definition) is 4. The zero-order chi connectivity index (χ0) is 16.9. The van der Waals surface area contributed by atoms with Crippen molar-refractivity contribution < 1.29 is 19.4 Å². The van der Waals surface area contributed by atoms with Crippen LogP contribution < -0.4 is 9.47 Å². The first-order valence-corrected chi connectivity index (χ1v) is 8.27. The number of phenolic OH excluding ortho intramolecular Hbond substituents is 1. The molecule has 0 amide bonds. The maximum absolute atomic E-state index is 12.6. The molecule has 0 saturated heterocycles. The van der Waals surface area contributed by atoms with Crippen molar-refractivity contribution in [3.63, 3.8) is 0 Å². The number of Topliss-reactive ketones (excluding diaryl/α,β-unsaturated/α-hetero) is 1. The monoisotopic (exact) mass is 324 g/mol. The van der Waals surface area contributed by atoms with Gasteiger partial charge in [0.1, 0.15) is 34.5 Å². The largest absolute Gasteiger partial charge is 0.507 e. The van der Waals surface area contributed by atoms with Crippen molar-refractivity contribution in [1.29, 1.82) is 0 Å². The van der Waals surface area contributed by atoms with Gasteiger partial charge in [-0.3, -0.25) is 4.79 Å². The molecule has 2 aliphatic rings. The maximum atomic E-state index is 12.6. The number of fused-ring (bicyclic) bond motifs is 3. The maximum Gasteiger partial charge on any atom is 0.174 e. The lowest BCUT2D eigenvalue weighted by molar-refractivity contribution is 0.0759. The predicted octanol–water partition coefficient (Wildman–Crippen LogP) is 4.20. The molecule has 4 rings (SSSR count). The minimum absolute atomic E-state index is 0.0574. The second-order valence-electron chi connectivity index (χ2n) is 7.08. The van der Waals surface area contributed by atoms with Crippen molar-refractivity contribution in [2.24, 2.45) is 0 Å². The van der Waals surface area contributed by atoms with Gasteiger partial charge in [-0.25, -0.2) is 0 Å². The highest BCUT2D eigenvalue weighted by Crippen LogP contribution is 2.48. The predicted molar refractivity (Wildman–Crippen MR) is 89.9 cm³/mol. The molecule has 1 unspecified atom stereocenters. The van der Waals surface area contributed by atoms with Gasteiger partial charge in [0.25, 0.3) is 0 Å². The van der Waals surface area contributed by atoms with E-state index in [0.29, 0.717) is 17.1 Å². The van der Waals surface area contributed by atoms with Crippen LogP contribution in [0.2, 0.25) is 0 Å². The summed E-state index contributed by atoms with van der Waals surface area (Å²) in [5.41, 5.74) is 1.86. The fourth-order valence-electron chi connectivity index (χ4n) is 3.47. The molecule has 1 N–H and O–H groups in total. The number of benzene rings is 2. The van der Waals surface area contributed by atoms with Crippen LogP contribution in [0.4, 0.5) is 0 Å². The molecule has 0 spiro atoms. The Bertz CT molecular complexity index is 808. The Hall–Kier alpha value is -2.49. The molecule has 0 fully saturated rings. The Morgan fingerprint density at radius 2 is 1.96 bits per heavy atom. The van der Waals surface area contributed by atoms with E-state index in [1.807, 2.05) is 44.2 Å². The number of rotatable bonds is 1. The molecule has 2 aromatic carbocycles. The van der Waals surface area contributed by atoms with E-state index < -0.39 is 0 Å². The van der Waals surface area contributed by atoms with Crippen molar-refractivity contribution >= 4 is 5.78 Å². The number of ether oxygens (including phenoxy) is 2. The number of ketones is 1. The summed E-state index contributed by atoms with van der Waals surface area (Å²) in [5, 5.41) is 10.3. The highest BCUT2D eigenvalue weighted by atomic mass is 16.5. The van der Waals surface area contributed by atoms with Crippen LogP contribution >= 0.6 is 0 Å². The standard InChI is InChI=1S/C20H20O4/c1-20(2)9-8-13-17(24-20)11-15(22)18-14(21)10-16(23-19(13)18)12-6-4-3-5-7-12/h3-7,11,16,22H,8-10H2,1-2H3. The molecular formula is C20H20O4. The van der Waals surface area contributed by atoms with Crippen molar-refractivity contribution in [2.75, 3.05) is 0 Å². The summed E-state index contributed by atoms with van der Waals surface area (Å²) in [6, 6.07) is 11.3. The number of phenols is 1. The van der Waals surface area contributed by atoms with Gasteiger partial charge in [0, 0.05) is 11.6 Å². The summed E-state index contributed by atoms with van der Waals surface area (Å²) in [6.45, 7) is 4.04. The lowest BCUT2D eigenvalue weighted by Gasteiger charge is -2.36. The molecule has 24 heavy (non-hydrogen) atoms. The second kappa shape index (κ2) is 5.26. The van der Waals surface area contributed by atoms with Crippen molar-refractivity contribution in [2.45, 2.75) is 44.8 Å². The first kappa shape index (κ1) is 15.1. The molecule has 0 radical (unpaired) electrons. The van der Waals surface area contributed by atoms with Crippen LogP contribution in [-0.2, 0) is 6.42 Å². The Labute approximate surface area is 141 Å². The number of carbonyl (C=O) groups excluding carboxylic acids is 1. The van der Waals surface area contributed by atoms with E-state index in [4.69, 9.17) is 9.47 Å². The van der Waals surface area contributed by atoms with E-state index in [-0.39, 0.29) is 29.7 Å². The van der Waals surface area contributed by atoms with Gasteiger partial charge in [-0.15, -0.1) is 0 Å². The molecule has 0 aliphatic carbocycles. The second-order valence-corrected chi connectivity index (χ2v) is 7.08. The lowest BCUT2D eigenvalue weighted by Crippen LogP contribution is -2.33. The molecule has 4 nitrogen and oxygen atoms in total. The van der Waals surface area contributed by atoms with Crippen LogP contribution in [-0.4, -0.2) is 16.5 Å². The van der Waals surface area contributed by atoms with Gasteiger partial charge in [0.2, 0.25) is 0 Å². The van der Waals surface area contributed by atoms with Crippen molar-refractivity contribution in [3.05, 3.63) is 53.1 Å². The van der Waals surface area contributed by atoms with Crippen molar-refractivity contribution in [1.82, 2.24) is 0 Å². The highest BCUT2D eigenvalue weighted by Gasteiger charge is 2.37. The minimum Gasteiger partial charge on any atom is -0.507 e. The van der Waals surface area contributed by atoms with Crippen LogP contribution in [0.3, 0.4) is 0 Å². The molecule has 2 heterocycles. The Balaban J connectivity index is 1.81. The Kier molecular flexibility index (Phi) is 3.30. The van der Waals surface area contributed by atoms with Gasteiger partial charge in [-0.1, -0.05) is 30.3 Å². The van der Waals surface area contributed by atoms with Crippen LogP contribution in [0.5, 0.6) is 17.2 Å². The topological polar surface area (TPSA) is 55.8 Å². The number of carbonyl (C=O) groups is 1. The van der Waals surface area contributed by atoms with E-state index in [1.54, 1.807) is 6.07 Å². The van der Waals surface area contributed by atoms with Gasteiger partial charge in [-0.05, 0) is 32.3 Å². The third-order valence-electron chi connectivity index (χ3n) is 4.77. The van der Waals surface area contributed by atoms with Gasteiger partial charge >= 0.3 is 0 Å². The van der Waals surface area contributed by atoms with Gasteiger partial charge in [-0.2, -0.15) is 0 Å². The van der Waals surface area contributed by atoms with Crippen LogP contribution in [0.15, 0.2) is 36.4 Å². The molecule has 0 aromatic heterocycles. The van der Waals surface area contributed by atoms with Gasteiger partial charge in [0.15, 0.2) is 5.78 Å². The summed E-state index contributed by atoms with van der Waals surface area (Å²) in [4.78, 5) is 12.6. The first-order valence-electron chi connectivity index (χ1n) is 8.27. The lowest BCUT2D eigenvalue weighted by atomic mass is 9.88. The van der Waals surface area contributed by atoms with E-state index in [9.17, 15) is 9.90 Å². The number of hydrogen-bond donors (Lipinski definition) is 1. The van der Waals surface area contributed by atoms with E-state index in [1.165, 1.54) is 0 Å². The molecule has 0 bridgehead atoms. The van der Waals surface area contributed by atoms with Crippen molar-refractivity contribution in [3.8, 4) is 17.2 Å². The molecule has 4 heteroatoms. The average Bonchev–Trinajstić information content (AvgIpc) is 2.54. The Morgan fingerprint density at radius 1 is 1.21 bits per heavy atom. The molecule has 124 valence electrons. The summed E-state index contributed by atoms with van der Waals surface area (Å²) >= 11 is 0. The molecular weight excluding hydrogens is 304 g/mol. The zero-order valence-corrected chi connectivity index (χ0v) is 13.8. The van der Waals surface area contributed by atoms with Crippen LogP contribution in [0.25, 0.3) is 0 Å². The summed E-state index contributed by atoms with van der Waals surface area (Å²) < 4.78 is 12.2. The third-order valence-corrected chi connectivity index (χ3v) is 4.77. The molecule has 0 saturated carbocycles. The van der Waals surface area contributed by atoms with E-state index in [0.717, 1.165) is 24.0 Å². The molecule has 2 aliphatic heterocycles. The fourth-order valence-corrected chi connectivity index (χ4v) is 3.47. The SMILES string of the molecule is CC1(C)CCc2c(cc(O)c3c2OC(c2ccccc2)CC3=O)O1. The fraction of sp³-hybridized carbons (Fsp3) is 0.350. The molecule has 1 atom stereocenters. The van der Waals surface area contributed by atoms with Crippen LogP contribution in [0, 0.1) is 0 Å². The highest BCUT2D eigenvalue weighted by molar-refractivity contribution is 6.03. The van der Waals surface area contributed by atoms with E-state index in [2.05, 4.69) is 0 Å². The zero-order valence-electron chi connectivity index (χ0n) is 13.8. The quantitative estimate of drug-likeness (QED) is 0.854. The Morgan fingerprint density at radius 3 is 2.71 bits per heavy atom. The van der Waals surface area contributed by atoms with Gasteiger partial charge in [0.05, 0.1) is 6.42 Å². The smallest absolute Gasteiger partial charge is 0.174 e. The summed E-state index contributed by atoms with van der Waals surface area (Å²) in [5.74, 6) is 0.961. The van der Waals surface area contributed by atoms with Gasteiger partial charge < -0.3 is 14.6 Å². The summed E-state index contributed by atoms with van der Waals surface area (Å²) in [6.07, 6.45) is 1.51. The van der Waals surface area contributed by atoms with Crippen LogP contribution in [0.1, 0.15) is 54.3 Å². The minimum atomic E-state index is -0.327. The molecule has 2 aromatic rings. The third kappa shape index (κ3) is 2.42. The average molecular weight is 324 g/mol. The van der Waals surface area contributed by atoms with E-state index >= 15 is 0 Å². The number of aromatic hydroxyl groups is 1.